The molecule has 0 unspecified atom stereocenters. The van der Waals surface area contributed by atoms with E-state index < -0.39 is 24.0 Å². The largest absolute Gasteiger partial charge is 0.340 e. The smallest absolute Gasteiger partial charge is 0.244 e. The number of hydrogen-bond donors (Lipinski definition) is 3. The third-order valence-corrected chi connectivity index (χ3v) is 5.07. The number of carbonyl (C=O) groups excluding carboxylic acids is 2. The van der Waals surface area contributed by atoms with E-state index >= 15 is 0 Å². The second kappa shape index (κ2) is 8.47. The van der Waals surface area contributed by atoms with Gasteiger partial charge in [-0.05, 0) is 18.6 Å². The normalized spacial score (nSPS) is 20.8. The molecule has 2 aromatic rings. The molecule has 0 saturated carbocycles. The SMILES string of the molecule is CCCC[C@H](CC(=O)NO)C(=O)N1C[C@H](F)C[C@H]1c1nc2ccccc2[nH]1. The van der Waals surface area contributed by atoms with Crippen LogP contribution in [0.3, 0.4) is 0 Å². The summed E-state index contributed by atoms with van der Waals surface area (Å²) in [6, 6.07) is 7.01. The van der Waals surface area contributed by atoms with Gasteiger partial charge in [0.25, 0.3) is 0 Å². The molecule has 8 heteroatoms. The Balaban J connectivity index is 1.84. The fourth-order valence-electron chi connectivity index (χ4n) is 3.69. The van der Waals surface area contributed by atoms with Crippen molar-refractivity contribution in [3.8, 4) is 0 Å². The van der Waals surface area contributed by atoms with Gasteiger partial charge in [0.05, 0.1) is 23.6 Å². The minimum Gasteiger partial charge on any atom is -0.340 e. The first kappa shape index (κ1) is 19.3. The summed E-state index contributed by atoms with van der Waals surface area (Å²) in [5, 5.41) is 8.81. The van der Waals surface area contributed by atoms with Crippen LogP contribution in [0.15, 0.2) is 24.3 Å². The summed E-state index contributed by atoms with van der Waals surface area (Å²) >= 11 is 0. The zero-order valence-corrected chi connectivity index (χ0v) is 15.3. The molecule has 1 aromatic heterocycles. The van der Waals surface area contributed by atoms with Crippen LogP contribution in [0.5, 0.6) is 0 Å². The van der Waals surface area contributed by atoms with E-state index in [-0.39, 0.29) is 25.3 Å². The highest BCUT2D eigenvalue weighted by Crippen LogP contribution is 2.35. The zero-order chi connectivity index (χ0) is 19.4. The maximum absolute atomic E-state index is 14.2. The number of H-pyrrole nitrogens is 1. The summed E-state index contributed by atoms with van der Waals surface area (Å²) in [6.45, 7) is 1.99. The number of aromatic nitrogens is 2. The quantitative estimate of drug-likeness (QED) is 0.511. The molecule has 1 fully saturated rings. The number of hydrogen-bond acceptors (Lipinski definition) is 4. The molecule has 2 amide bonds. The van der Waals surface area contributed by atoms with E-state index in [4.69, 9.17) is 5.21 Å². The topological polar surface area (TPSA) is 98.3 Å². The second-order valence-electron chi connectivity index (χ2n) is 7.06. The summed E-state index contributed by atoms with van der Waals surface area (Å²) in [6.07, 6.45) is 1.10. The first-order chi connectivity index (χ1) is 13.0. The predicted molar refractivity (Wildman–Crippen MR) is 97.6 cm³/mol. The molecule has 0 spiro atoms. The summed E-state index contributed by atoms with van der Waals surface area (Å²) in [4.78, 5) is 33.9. The van der Waals surface area contributed by atoms with Gasteiger partial charge in [-0.2, -0.15) is 0 Å². The number of benzene rings is 1. The Labute approximate surface area is 156 Å². The number of likely N-dealkylation sites (tertiary alicyclic amines) is 1. The average molecular weight is 376 g/mol. The van der Waals surface area contributed by atoms with Crippen LogP contribution in [-0.2, 0) is 9.59 Å². The third-order valence-electron chi connectivity index (χ3n) is 5.07. The third kappa shape index (κ3) is 4.27. The van der Waals surface area contributed by atoms with Gasteiger partial charge < -0.3 is 9.88 Å². The van der Waals surface area contributed by atoms with Crippen LogP contribution in [0.1, 0.15) is 50.9 Å². The number of para-hydroxylation sites is 2. The molecule has 7 nitrogen and oxygen atoms in total. The van der Waals surface area contributed by atoms with Gasteiger partial charge in [-0.15, -0.1) is 0 Å². The average Bonchev–Trinajstić information content (AvgIpc) is 3.27. The number of nitrogens with one attached hydrogen (secondary N) is 2. The molecule has 27 heavy (non-hydrogen) atoms. The van der Waals surface area contributed by atoms with Crippen molar-refractivity contribution >= 4 is 22.8 Å². The Hall–Kier alpha value is -2.48. The number of rotatable bonds is 7. The lowest BCUT2D eigenvalue weighted by Crippen LogP contribution is -2.38. The van der Waals surface area contributed by atoms with Crippen LogP contribution in [0.4, 0.5) is 4.39 Å². The Morgan fingerprint density at radius 1 is 1.44 bits per heavy atom. The molecule has 1 aromatic carbocycles. The van der Waals surface area contributed by atoms with Gasteiger partial charge in [0, 0.05) is 18.8 Å². The van der Waals surface area contributed by atoms with Gasteiger partial charge >= 0.3 is 0 Å². The van der Waals surface area contributed by atoms with E-state index in [9.17, 15) is 14.0 Å². The summed E-state index contributed by atoms with van der Waals surface area (Å²) in [5.74, 6) is -0.904. The molecule has 3 atom stereocenters. The van der Waals surface area contributed by atoms with E-state index in [0.29, 0.717) is 12.2 Å². The maximum Gasteiger partial charge on any atom is 0.244 e. The van der Waals surface area contributed by atoms with E-state index in [1.807, 2.05) is 31.2 Å². The van der Waals surface area contributed by atoms with Crippen LogP contribution >= 0.6 is 0 Å². The number of unbranched alkanes of at least 4 members (excludes halogenated alkanes) is 1. The Bertz CT molecular complexity index is 776. The van der Waals surface area contributed by atoms with Crippen LogP contribution in [0, 0.1) is 5.92 Å². The molecule has 0 bridgehead atoms. The molecule has 1 saturated heterocycles. The van der Waals surface area contributed by atoms with Crippen molar-refractivity contribution in [2.75, 3.05) is 6.54 Å². The van der Waals surface area contributed by atoms with Gasteiger partial charge in [0.15, 0.2) is 0 Å². The van der Waals surface area contributed by atoms with Crippen molar-refractivity contribution in [2.24, 2.45) is 5.92 Å². The van der Waals surface area contributed by atoms with E-state index in [1.54, 1.807) is 5.48 Å². The number of imidazole rings is 1. The monoisotopic (exact) mass is 376 g/mol. The van der Waals surface area contributed by atoms with Crippen molar-refractivity contribution in [1.29, 1.82) is 0 Å². The number of alkyl halides is 1. The van der Waals surface area contributed by atoms with E-state index in [0.717, 1.165) is 23.9 Å². The molecule has 0 radical (unpaired) electrons. The minimum atomic E-state index is -1.13. The number of carbonyl (C=O) groups is 2. The van der Waals surface area contributed by atoms with Gasteiger partial charge in [0.2, 0.25) is 11.8 Å². The first-order valence-electron chi connectivity index (χ1n) is 9.35. The molecule has 3 N–H and O–H groups in total. The highest BCUT2D eigenvalue weighted by atomic mass is 19.1. The summed E-state index contributed by atoms with van der Waals surface area (Å²) < 4.78 is 14.2. The van der Waals surface area contributed by atoms with Crippen molar-refractivity contribution in [1.82, 2.24) is 20.3 Å². The molecule has 146 valence electrons. The van der Waals surface area contributed by atoms with Gasteiger partial charge in [0.1, 0.15) is 12.0 Å². The highest BCUT2D eigenvalue weighted by Gasteiger charge is 2.40. The van der Waals surface area contributed by atoms with Crippen LogP contribution in [0.2, 0.25) is 0 Å². The maximum atomic E-state index is 14.2. The van der Waals surface area contributed by atoms with Gasteiger partial charge in [-0.25, -0.2) is 14.9 Å². The molecular weight excluding hydrogens is 351 g/mol. The lowest BCUT2D eigenvalue weighted by Gasteiger charge is -2.27. The standard InChI is InChI=1S/C19H25FN4O3/c1-2-3-6-12(9-17(25)23-27)19(26)24-11-13(20)10-16(24)18-21-14-7-4-5-8-15(14)22-18/h4-5,7-8,12-13,16,27H,2-3,6,9-11H2,1H3,(H,21,22)(H,23,25)/t12-,13-,16+/m1/s1. The number of nitrogens with zero attached hydrogens (tertiary/aromatic N) is 2. The van der Waals surface area contributed by atoms with E-state index in [1.165, 1.54) is 4.90 Å². The minimum absolute atomic E-state index is 0.0100. The lowest BCUT2D eigenvalue weighted by atomic mass is 9.96. The number of halogens is 1. The summed E-state index contributed by atoms with van der Waals surface area (Å²) in [7, 11) is 0. The van der Waals surface area contributed by atoms with Gasteiger partial charge in [-0.3, -0.25) is 14.8 Å². The molecule has 1 aliphatic rings. The Morgan fingerprint density at radius 2 is 2.22 bits per heavy atom. The fourth-order valence-corrected chi connectivity index (χ4v) is 3.69. The van der Waals surface area contributed by atoms with Crippen molar-refractivity contribution in [2.45, 2.75) is 51.2 Å². The molecule has 2 heterocycles. The van der Waals surface area contributed by atoms with Crippen molar-refractivity contribution in [3.05, 3.63) is 30.1 Å². The Kier molecular flexibility index (Phi) is 6.05. The molecule has 0 aliphatic carbocycles. The zero-order valence-electron chi connectivity index (χ0n) is 15.3. The number of hydroxylamine groups is 1. The van der Waals surface area contributed by atoms with Crippen molar-refractivity contribution in [3.63, 3.8) is 0 Å². The molecule has 3 rings (SSSR count). The predicted octanol–water partition coefficient (Wildman–Crippen LogP) is 2.88. The highest BCUT2D eigenvalue weighted by molar-refractivity contribution is 5.86. The molecular formula is C19H25FN4O3. The fraction of sp³-hybridized carbons (Fsp3) is 0.526. The van der Waals surface area contributed by atoms with Crippen molar-refractivity contribution < 1.29 is 19.2 Å². The number of aromatic amines is 1. The van der Waals surface area contributed by atoms with Crippen LogP contribution in [0.25, 0.3) is 11.0 Å². The van der Waals surface area contributed by atoms with Gasteiger partial charge in [-0.1, -0.05) is 31.9 Å². The van der Waals surface area contributed by atoms with Crippen LogP contribution in [-0.4, -0.2) is 44.6 Å². The number of amides is 2. The van der Waals surface area contributed by atoms with Crippen LogP contribution < -0.4 is 5.48 Å². The Morgan fingerprint density at radius 3 is 2.93 bits per heavy atom. The second-order valence-corrected chi connectivity index (χ2v) is 7.06. The van der Waals surface area contributed by atoms with E-state index in [2.05, 4.69) is 9.97 Å². The number of fused-ring (bicyclic) bond motifs is 1. The first-order valence-corrected chi connectivity index (χ1v) is 9.35. The summed E-state index contributed by atoms with van der Waals surface area (Å²) in [5.41, 5.74) is 3.19. The molecule has 1 aliphatic heterocycles. The lowest BCUT2D eigenvalue weighted by molar-refractivity contribution is -0.141.